The lowest BCUT2D eigenvalue weighted by molar-refractivity contribution is -0.207. The highest BCUT2D eigenvalue weighted by molar-refractivity contribution is 5.99. The molecule has 4 aliphatic carbocycles. The molecule has 0 amide bonds. The minimum absolute atomic E-state index is 0.00741. The van der Waals surface area contributed by atoms with E-state index >= 15 is 0 Å². The number of aliphatic hydroxyl groups is 3. The van der Waals surface area contributed by atoms with Crippen LogP contribution in [0.2, 0.25) is 0 Å². The van der Waals surface area contributed by atoms with E-state index in [0.717, 1.165) is 5.57 Å². The third kappa shape index (κ3) is 2.09. The molecule has 154 valence electrons. The summed E-state index contributed by atoms with van der Waals surface area (Å²) in [6.07, 6.45) is 3.07. The summed E-state index contributed by atoms with van der Waals surface area (Å²) in [7, 11) is 0. The first-order valence-electron chi connectivity index (χ1n) is 10.1. The zero-order chi connectivity index (χ0) is 20.8. The fourth-order valence-corrected chi connectivity index (χ4v) is 6.84. The van der Waals surface area contributed by atoms with E-state index < -0.39 is 52.4 Å². The molecule has 28 heavy (non-hydrogen) atoms. The van der Waals surface area contributed by atoms with Gasteiger partial charge in [-0.25, -0.2) is 0 Å². The highest BCUT2D eigenvalue weighted by Gasteiger charge is 2.86. The first kappa shape index (κ1) is 19.8. The van der Waals surface area contributed by atoms with Gasteiger partial charge in [-0.05, 0) is 24.5 Å². The van der Waals surface area contributed by atoms with Crippen molar-refractivity contribution in [3.05, 3.63) is 23.3 Å². The lowest BCUT2D eigenvalue weighted by Gasteiger charge is -2.51. The molecule has 0 aliphatic heterocycles. The Hall–Kier alpha value is -1.50. The number of hydrogen-bond donors (Lipinski definition) is 3. The zero-order valence-corrected chi connectivity index (χ0v) is 17.1. The molecule has 3 N–H and O–H groups in total. The van der Waals surface area contributed by atoms with Gasteiger partial charge in [0.05, 0.1) is 18.3 Å². The molecule has 1 unspecified atom stereocenters. The fraction of sp³-hybridized carbons (Fsp3) is 0.727. The van der Waals surface area contributed by atoms with Gasteiger partial charge < -0.3 is 20.1 Å². The quantitative estimate of drug-likeness (QED) is 0.486. The van der Waals surface area contributed by atoms with Gasteiger partial charge >= 0.3 is 5.97 Å². The summed E-state index contributed by atoms with van der Waals surface area (Å²) in [5.74, 6) is -2.71. The predicted molar refractivity (Wildman–Crippen MR) is 101 cm³/mol. The number of rotatable bonds is 2. The minimum atomic E-state index is -1.36. The van der Waals surface area contributed by atoms with Crippen molar-refractivity contribution in [3.8, 4) is 0 Å². The smallest absolute Gasteiger partial charge is 0.303 e. The molecule has 6 heteroatoms. The Kier molecular flexibility index (Phi) is 4.08. The average molecular weight is 390 g/mol. The van der Waals surface area contributed by atoms with Gasteiger partial charge in [-0.2, -0.15) is 0 Å². The van der Waals surface area contributed by atoms with E-state index in [2.05, 4.69) is 0 Å². The molecular formula is C22H30O6. The third-order valence-electron chi connectivity index (χ3n) is 8.23. The van der Waals surface area contributed by atoms with E-state index in [1.165, 1.54) is 6.92 Å². The van der Waals surface area contributed by atoms with Gasteiger partial charge in [-0.15, -0.1) is 0 Å². The lowest BCUT2D eigenvalue weighted by Crippen LogP contribution is -2.62. The largest absolute Gasteiger partial charge is 0.456 e. The SMILES string of the molecule is CC(=O)O[C@@]12[C@H](O)[C@@H](C)[C@]3(O)[C@@H]4C=C(C)C(=O)C4CC(CO)=C[C@H]3[C@@H]1C2(C)C. The second-order valence-corrected chi connectivity index (χ2v) is 9.77. The Labute approximate surface area is 165 Å². The van der Waals surface area contributed by atoms with E-state index in [0.29, 0.717) is 12.0 Å². The Morgan fingerprint density at radius 2 is 1.93 bits per heavy atom. The molecule has 2 saturated carbocycles. The number of carbonyl (C=O) groups is 2. The summed E-state index contributed by atoms with van der Waals surface area (Å²) >= 11 is 0. The number of fused-ring (bicyclic) bond motifs is 5. The maximum atomic E-state index is 12.8. The number of hydrogen-bond acceptors (Lipinski definition) is 6. The van der Waals surface area contributed by atoms with Crippen molar-refractivity contribution in [2.75, 3.05) is 6.61 Å². The Morgan fingerprint density at radius 3 is 2.50 bits per heavy atom. The summed E-state index contributed by atoms with van der Waals surface area (Å²) in [6, 6.07) is 0. The molecule has 4 aliphatic rings. The Balaban J connectivity index is 1.90. The number of carbonyl (C=O) groups excluding carboxylic acids is 2. The molecule has 8 atom stereocenters. The van der Waals surface area contributed by atoms with Crippen molar-refractivity contribution in [2.24, 2.45) is 35.0 Å². The maximum absolute atomic E-state index is 12.8. The van der Waals surface area contributed by atoms with Crippen molar-refractivity contribution in [2.45, 2.75) is 58.3 Å². The number of ether oxygens (including phenoxy) is 1. The summed E-state index contributed by atoms with van der Waals surface area (Å²) < 4.78 is 5.73. The van der Waals surface area contributed by atoms with Crippen LogP contribution in [0.3, 0.4) is 0 Å². The molecule has 0 radical (unpaired) electrons. The van der Waals surface area contributed by atoms with Crippen LogP contribution in [0.1, 0.15) is 41.0 Å². The minimum Gasteiger partial charge on any atom is -0.456 e. The second kappa shape index (κ2) is 5.77. The van der Waals surface area contributed by atoms with Gasteiger partial charge in [0.2, 0.25) is 0 Å². The van der Waals surface area contributed by atoms with Crippen LogP contribution < -0.4 is 0 Å². The number of aliphatic hydroxyl groups excluding tert-OH is 2. The number of Topliss-reactive ketones (excluding diaryl/α,β-unsaturated/α-hetero) is 1. The standard InChI is InChI=1S/C22H30O6/c1-10-6-15-14(17(10)25)7-13(9-23)8-16-18-20(4,5)22(18,28-12(3)24)19(26)11(2)21(15,16)27/h6,8,11,14-16,18-19,23,26-27H,7,9H2,1-5H3/t11-,14?,15-,16+,18-,19-,21+,22-/m1/s1. The van der Waals surface area contributed by atoms with Crippen LogP contribution in [0.25, 0.3) is 0 Å². The first-order chi connectivity index (χ1) is 12.9. The molecule has 0 saturated heterocycles. The van der Waals surface area contributed by atoms with Gasteiger partial charge in [0.15, 0.2) is 5.78 Å². The molecule has 0 aromatic heterocycles. The molecule has 0 aromatic carbocycles. The van der Waals surface area contributed by atoms with Crippen molar-refractivity contribution in [1.82, 2.24) is 0 Å². The van der Waals surface area contributed by atoms with Crippen LogP contribution >= 0.6 is 0 Å². The van der Waals surface area contributed by atoms with E-state index in [4.69, 9.17) is 4.74 Å². The average Bonchev–Trinajstić information content (AvgIpc) is 3.01. The van der Waals surface area contributed by atoms with Crippen molar-refractivity contribution in [3.63, 3.8) is 0 Å². The highest BCUT2D eigenvalue weighted by Crippen LogP contribution is 2.76. The van der Waals surface area contributed by atoms with E-state index in [9.17, 15) is 24.9 Å². The topological polar surface area (TPSA) is 104 Å². The summed E-state index contributed by atoms with van der Waals surface area (Å²) in [5, 5.41) is 33.3. The van der Waals surface area contributed by atoms with Crippen molar-refractivity contribution in [1.29, 1.82) is 0 Å². The van der Waals surface area contributed by atoms with Gasteiger partial charge in [0.25, 0.3) is 0 Å². The number of esters is 1. The summed E-state index contributed by atoms with van der Waals surface area (Å²) in [6.45, 7) is 8.56. The van der Waals surface area contributed by atoms with Crippen molar-refractivity contribution < 1.29 is 29.6 Å². The molecule has 0 spiro atoms. The normalized spacial score (nSPS) is 48.5. The van der Waals surface area contributed by atoms with Gasteiger partial charge in [-0.3, -0.25) is 9.59 Å². The molecule has 0 aromatic rings. The molecule has 0 bridgehead atoms. The molecule has 0 heterocycles. The van der Waals surface area contributed by atoms with Crippen LogP contribution in [-0.4, -0.2) is 51.0 Å². The third-order valence-corrected chi connectivity index (χ3v) is 8.23. The molecule has 4 rings (SSSR count). The molecule has 2 fully saturated rings. The fourth-order valence-electron chi connectivity index (χ4n) is 6.84. The van der Waals surface area contributed by atoms with E-state index in [-0.39, 0.29) is 18.3 Å². The van der Waals surface area contributed by atoms with Gasteiger partial charge in [0, 0.05) is 41.9 Å². The predicted octanol–water partition coefficient (Wildman–Crippen LogP) is 1.39. The molecular weight excluding hydrogens is 360 g/mol. The van der Waals surface area contributed by atoms with Crippen LogP contribution in [0.4, 0.5) is 0 Å². The Morgan fingerprint density at radius 1 is 1.29 bits per heavy atom. The van der Waals surface area contributed by atoms with E-state index in [1.54, 1.807) is 13.8 Å². The summed E-state index contributed by atoms with van der Waals surface area (Å²) in [4.78, 5) is 24.6. The summed E-state index contributed by atoms with van der Waals surface area (Å²) in [5.41, 5.74) is -1.64. The monoisotopic (exact) mass is 390 g/mol. The van der Waals surface area contributed by atoms with Crippen LogP contribution in [0, 0.1) is 35.0 Å². The van der Waals surface area contributed by atoms with Gasteiger partial charge in [0.1, 0.15) is 5.60 Å². The first-order valence-corrected chi connectivity index (χ1v) is 10.1. The van der Waals surface area contributed by atoms with Crippen LogP contribution in [0.15, 0.2) is 23.3 Å². The van der Waals surface area contributed by atoms with Crippen LogP contribution in [-0.2, 0) is 14.3 Å². The van der Waals surface area contributed by atoms with Crippen molar-refractivity contribution >= 4 is 11.8 Å². The number of allylic oxidation sites excluding steroid dienone is 1. The van der Waals surface area contributed by atoms with E-state index in [1.807, 2.05) is 26.0 Å². The maximum Gasteiger partial charge on any atom is 0.303 e. The van der Waals surface area contributed by atoms with Crippen LogP contribution in [0.5, 0.6) is 0 Å². The van der Waals surface area contributed by atoms with Gasteiger partial charge in [-0.1, -0.05) is 32.9 Å². The zero-order valence-electron chi connectivity index (χ0n) is 17.1. The Bertz CT molecular complexity index is 810. The second-order valence-electron chi connectivity index (χ2n) is 9.77. The highest BCUT2D eigenvalue weighted by atomic mass is 16.6. The number of ketones is 1. The molecule has 6 nitrogen and oxygen atoms in total. The lowest BCUT2D eigenvalue weighted by atomic mass is 9.60.